The van der Waals surface area contributed by atoms with Crippen LogP contribution >= 0.6 is 0 Å². The first-order valence-corrected chi connectivity index (χ1v) is 2.95. The molecule has 0 aromatic carbocycles. The van der Waals surface area contributed by atoms with Crippen LogP contribution in [0.5, 0.6) is 0 Å². The van der Waals surface area contributed by atoms with Gasteiger partial charge in [-0.3, -0.25) is 0 Å². The third-order valence-electron chi connectivity index (χ3n) is 1.43. The van der Waals surface area contributed by atoms with Gasteiger partial charge in [0.25, 0.3) is 0 Å². The highest BCUT2D eigenvalue weighted by molar-refractivity contribution is 4.75. The first-order chi connectivity index (χ1) is 4.24. The van der Waals surface area contributed by atoms with Crippen LogP contribution in [0.15, 0.2) is 0 Å². The van der Waals surface area contributed by atoms with Crippen molar-refractivity contribution in [3.05, 3.63) is 0 Å². The number of hydrogen-bond acceptors (Lipinski definition) is 4. The number of aliphatic hydroxyl groups is 2. The van der Waals surface area contributed by atoms with Crippen LogP contribution in [0.2, 0.25) is 0 Å². The molecule has 0 bridgehead atoms. The Bertz CT molecular complexity index is 88.2. The van der Waals surface area contributed by atoms with Crippen LogP contribution in [0.4, 0.5) is 0 Å². The molecule has 0 aromatic rings. The van der Waals surface area contributed by atoms with E-state index in [1.807, 2.05) is 0 Å². The van der Waals surface area contributed by atoms with Crippen LogP contribution in [0, 0.1) is 0 Å². The fourth-order valence-corrected chi connectivity index (χ4v) is 0.881. The number of rotatable bonds is 1. The summed E-state index contributed by atoms with van der Waals surface area (Å²) < 4.78 is 4.80. The summed E-state index contributed by atoms with van der Waals surface area (Å²) in [7, 11) is 0. The molecule has 0 saturated carbocycles. The van der Waals surface area contributed by atoms with Gasteiger partial charge in [0.2, 0.25) is 0 Å². The Hall–Kier alpha value is -0.160. The lowest BCUT2D eigenvalue weighted by Crippen LogP contribution is -2.20. The van der Waals surface area contributed by atoms with Gasteiger partial charge in [0, 0.05) is 13.0 Å². The van der Waals surface area contributed by atoms with Gasteiger partial charge in [0.15, 0.2) is 6.29 Å². The van der Waals surface area contributed by atoms with Gasteiger partial charge in [-0.05, 0) is 0 Å². The summed E-state index contributed by atoms with van der Waals surface area (Å²) >= 11 is 0. The van der Waals surface area contributed by atoms with Crippen molar-refractivity contribution < 1.29 is 14.9 Å². The topological polar surface area (TPSA) is 75.7 Å². The molecule has 0 aliphatic carbocycles. The number of aliphatic hydroxyl groups excluding tert-OH is 2. The van der Waals surface area contributed by atoms with Gasteiger partial charge in [-0.1, -0.05) is 0 Å². The van der Waals surface area contributed by atoms with Crippen LogP contribution < -0.4 is 5.73 Å². The third kappa shape index (κ3) is 1.40. The molecule has 1 saturated heterocycles. The molecule has 0 amide bonds. The Kier molecular flexibility index (Phi) is 2.02. The van der Waals surface area contributed by atoms with E-state index in [0.29, 0.717) is 13.0 Å². The van der Waals surface area contributed by atoms with Crippen molar-refractivity contribution in [3.63, 3.8) is 0 Å². The molecular formula is C5H11NO3. The zero-order valence-electron chi connectivity index (χ0n) is 5.03. The number of nitrogens with two attached hydrogens (primary N) is 1. The molecule has 4 heteroatoms. The molecule has 3 atom stereocenters. The predicted octanol–water partition coefficient (Wildman–Crippen LogP) is -1.59. The maximum Gasteiger partial charge on any atom is 0.181 e. The molecule has 1 fully saturated rings. The van der Waals surface area contributed by atoms with Crippen LogP contribution in [0.1, 0.15) is 6.42 Å². The Morgan fingerprint density at radius 3 is 2.44 bits per heavy atom. The van der Waals surface area contributed by atoms with E-state index < -0.39 is 12.4 Å². The van der Waals surface area contributed by atoms with Crippen molar-refractivity contribution in [2.24, 2.45) is 5.73 Å². The van der Waals surface area contributed by atoms with E-state index in [1.54, 1.807) is 0 Å². The monoisotopic (exact) mass is 133 g/mol. The molecule has 1 aliphatic heterocycles. The van der Waals surface area contributed by atoms with E-state index >= 15 is 0 Å². The Labute approximate surface area is 53.2 Å². The Balaban J connectivity index is 2.35. The highest BCUT2D eigenvalue weighted by Gasteiger charge is 2.30. The van der Waals surface area contributed by atoms with Crippen LogP contribution in [-0.4, -0.2) is 35.3 Å². The summed E-state index contributed by atoms with van der Waals surface area (Å²) in [5.74, 6) is 0. The standard InChI is InChI=1S/C5H11NO3/c6-2-3-1-4(7)5(8)9-3/h3-5,7-8H,1-2,6H2/t3-,4+,5+/m0/s1. The van der Waals surface area contributed by atoms with Crippen LogP contribution in [0.3, 0.4) is 0 Å². The molecule has 54 valence electrons. The molecule has 9 heavy (non-hydrogen) atoms. The van der Waals surface area contributed by atoms with Gasteiger partial charge in [0.1, 0.15) is 6.10 Å². The molecule has 1 aliphatic rings. The molecule has 0 aromatic heterocycles. The molecule has 0 unspecified atom stereocenters. The quantitative estimate of drug-likeness (QED) is 0.403. The van der Waals surface area contributed by atoms with E-state index in [2.05, 4.69) is 0 Å². The van der Waals surface area contributed by atoms with Crippen molar-refractivity contribution in [1.29, 1.82) is 0 Å². The molecule has 1 heterocycles. The summed E-state index contributed by atoms with van der Waals surface area (Å²) in [6.45, 7) is 0.355. The van der Waals surface area contributed by atoms with Gasteiger partial charge in [-0.15, -0.1) is 0 Å². The first-order valence-electron chi connectivity index (χ1n) is 2.95. The summed E-state index contributed by atoms with van der Waals surface area (Å²) in [4.78, 5) is 0. The summed E-state index contributed by atoms with van der Waals surface area (Å²) in [6, 6.07) is 0. The van der Waals surface area contributed by atoms with E-state index in [4.69, 9.17) is 20.7 Å². The third-order valence-corrected chi connectivity index (χ3v) is 1.43. The molecule has 4 nitrogen and oxygen atoms in total. The van der Waals surface area contributed by atoms with Crippen molar-refractivity contribution in [3.8, 4) is 0 Å². The predicted molar refractivity (Wildman–Crippen MR) is 30.6 cm³/mol. The average Bonchev–Trinajstić information content (AvgIpc) is 2.13. The summed E-state index contributed by atoms with van der Waals surface area (Å²) in [5.41, 5.74) is 5.21. The van der Waals surface area contributed by atoms with Gasteiger partial charge in [-0.2, -0.15) is 0 Å². The van der Waals surface area contributed by atoms with E-state index in [0.717, 1.165) is 0 Å². The van der Waals surface area contributed by atoms with E-state index in [1.165, 1.54) is 0 Å². The lowest BCUT2D eigenvalue weighted by atomic mass is 10.2. The molecule has 0 spiro atoms. The first kappa shape index (κ1) is 6.95. The van der Waals surface area contributed by atoms with Crippen LogP contribution in [-0.2, 0) is 4.74 Å². The maximum absolute atomic E-state index is 8.87. The second kappa shape index (κ2) is 2.62. The normalized spacial score (nSPS) is 43.7. The zero-order valence-corrected chi connectivity index (χ0v) is 5.03. The fourth-order valence-electron chi connectivity index (χ4n) is 0.881. The zero-order chi connectivity index (χ0) is 6.85. The number of hydrogen-bond donors (Lipinski definition) is 3. The minimum Gasteiger partial charge on any atom is -0.388 e. The van der Waals surface area contributed by atoms with Crippen LogP contribution in [0.25, 0.3) is 0 Å². The highest BCUT2D eigenvalue weighted by atomic mass is 16.6. The fraction of sp³-hybridized carbons (Fsp3) is 1.00. The SMILES string of the molecule is NC[C@@H]1C[C@@H](O)[C@H](O)O1. The van der Waals surface area contributed by atoms with Crippen molar-refractivity contribution in [1.82, 2.24) is 0 Å². The van der Waals surface area contributed by atoms with E-state index in [9.17, 15) is 0 Å². The van der Waals surface area contributed by atoms with Crippen molar-refractivity contribution in [2.75, 3.05) is 6.54 Å². The second-order valence-corrected chi connectivity index (χ2v) is 2.19. The smallest absolute Gasteiger partial charge is 0.181 e. The largest absolute Gasteiger partial charge is 0.388 e. The van der Waals surface area contributed by atoms with Gasteiger partial charge in [0.05, 0.1) is 6.10 Å². The molecular weight excluding hydrogens is 122 g/mol. The van der Waals surface area contributed by atoms with Gasteiger partial charge >= 0.3 is 0 Å². The van der Waals surface area contributed by atoms with Crippen molar-refractivity contribution >= 4 is 0 Å². The minimum absolute atomic E-state index is 0.171. The maximum atomic E-state index is 8.87. The lowest BCUT2D eigenvalue weighted by Gasteiger charge is -2.05. The molecule has 4 N–H and O–H groups in total. The summed E-state index contributed by atoms with van der Waals surface area (Å²) in [6.07, 6.45) is -1.51. The summed E-state index contributed by atoms with van der Waals surface area (Å²) in [5, 5.41) is 17.6. The Morgan fingerprint density at radius 1 is 1.56 bits per heavy atom. The molecule has 1 rings (SSSR count). The van der Waals surface area contributed by atoms with Crippen molar-refractivity contribution in [2.45, 2.75) is 24.9 Å². The van der Waals surface area contributed by atoms with E-state index in [-0.39, 0.29) is 6.10 Å². The lowest BCUT2D eigenvalue weighted by molar-refractivity contribution is -0.124. The van der Waals surface area contributed by atoms with Gasteiger partial charge in [-0.25, -0.2) is 0 Å². The average molecular weight is 133 g/mol. The number of ether oxygens (including phenoxy) is 1. The second-order valence-electron chi connectivity index (χ2n) is 2.19. The van der Waals surface area contributed by atoms with Gasteiger partial charge < -0.3 is 20.7 Å². The highest BCUT2D eigenvalue weighted by Crippen LogP contribution is 2.16. The Morgan fingerprint density at radius 2 is 2.22 bits per heavy atom. The minimum atomic E-state index is -1.03. The molecule has 0 radical (unpaired) electrons.